The van der Waals surface area contributed by atoms with Crippen molar-refractivity contribution in [2.75, 3.05) is 32.3 Å². The minimum atomic E-state index is -3.51. The van der Waals surface area contributed by atoms with Gasteiger partial charge in [0.25, 0.3) is 0 Å². The van der Waals surface area contributed by atoms with E-state index >= 15 is 0 Å². The molecular formula is C20H31N3O7S. The summed E-state index contributed by atoms with van der Waals surface area (Å²) in [7, 11) is -3.51. The van der Waals surface area contributed by atoms with Crippen molar-refractivity contribution in [3.63, 3.8) is 0 Å². The number of ether oxygens (including phenoxy) is 3. The van der Waals surface area contributed by atoms with E-state index in [9.17, 15) is 18.0 Å². The maximum absolute atomic E-state index is 12.3. The van der Waals surface area contributed by atoms with Gasteiger partial charge in [-0.05, 0) is 49.8 Å². The number of hydrogen-bond donors (Lipinski definition) is 3. The van der Waals surface area contributed by atoms with Crippen LogP contribution in [0.4, 0.5) is 4.79 Å². The molecule has 0 saturated heterocycles. The van der Waals surface area contributed by atoms with E-state index < -0.39 is 28.1 Å². The average molecular weight is 458 g/mol. The van der Waals surface area contributed by atoms with Crippen molar-refractivity contribution >= 4 is 22.0 Å². The first-order chi connectivity index (χ1) is 14.7. The van der Waals surface area contributed by atoms with Gasteiger partial charge in [-0.2, -0.15) is 0 Å². The Balaban J connectivity index is 1.62. The molecule has 0 heterocycles. The standard InChI is InChI=1S/C20H31N3O7S/c1-15(17-4-2-5-18(12-17)30-13-16-6-7-16)23-31(26,27)11-3-9-28-14-22-20(25)29-10-8-19(21)24/h2,4-5,12,15-16,23H,3,6-11,13-14H2,1H3,(H2,21,24)(H,22,25). The van der Waals surface area contributed by atoms with Crippen molar-refractivity contribution in [2.24, 2.45) is 11.7 Å². The normalized spacial score (nSPS) is 14.6. The molecular weight excluding hydrogens is 426 g/mol. The summed E-state index contributed by atoms with van der Waals surface area (Å²) in [4.78, 5) is 21.8. The molecule has 11 heteroatoms. The van der Waals surface area contributed by atoms with E-state index in [4.69, 9.17) is 19.9 Å². The highest BCUT2D eigenvalue weighted by Crippen LogP contribution is 2.30. The highest BCUT2D eigenvalue weighted by molar-refractivity contribution is 7.89. The molecule has 1 aromatic carbocycles. The summed E-state index contributed by atoms with van der Waals surface area (Å²) in [6.07, 6.45) is 1.86. The van der Waals surface area contributed by atoms with Gasteiger partial charge < -0.3 is 19.9 Å². The number of primary amides is 1. The summed E-state index contributed by atoms with van der Waals surface area (Å²) >= 11 is 0. The first-order valence-electron chi connectivity index (χ1n) is 10.2. The minimum absolute atomic E-state index is 0.0602. The van der Waals surface area contributed by atoms with Crippen LogP contribution in [0.1, 0.15) is 44.2 Å². The van der Waals surface area contributed by atoms with Crippen LogP contribution in [0.5, 0.6) is 5.75 Å². The van der Waals surface area contributed by atoms with E-state index in [2.05, 4.69) is 10.0 Å². The zero-order chi connectivity index (χ0) is 22.7. The van der Waals surface area contributed by atoms with Crippen LogP contribution in [0.3, 0.4) is 0 Å². The van der Waals surface area contributed by atoms with Crippen LogP contribution in [0.2, 0.25) is 0 Å². The molecule has 1 aliphatic rings. The van der Waals surface area contributed by atoms with Gasteiger partial charge in [0.2, 0.25) is 15.9 Å². The number of carbonyl (C=O) groups excluding carboxylic acids is 2. The van der Waals surface area contributed by atoms with E-state index in [1.54, 1.807) is 6.92 Å². The van der Waals surface area contributed by atoms with Crippen molar-refractivity contribution in [2.45, 2.75) is 38.6 Å². The Hall–Kier alpha value is -2.37. The Morgan fingerprint density at radius 1 is 1.26 bits per heavy atom. The molecule has 2 rings (SSSR count). The van der Waals surface area contributed by atoms with Crippen LogP contribution in [0.15, 0.2) is 24.3 Å². The number of nitrogens with two attached hydrogens (primary N) is 1. The quantitative estimate of drug-likeness (QED) is 0.267. The Bertz CT molecular complexity index is 828. The van der Waals surface area contributed by atoms with Crippen molar-refractivity contribution < 1.29 is 32.2 Å². The third-order valence-electron chi connectivity index (χ3n) is 4.50. The summed E-state index contributed by atoms with van der Waals surface area (Å²) in [5.74, 6) is 0.704. The van der Waals surface area contributed by atoms with E-state index in [1.807, 2.05) is 24.3 Å². The molecule has 0 bridgehead atoms. The molecule has 0 radical (unpaired) electrons. The van der Waals surface area contributed by atoms with E-state index in [1.165, 1.54) is 12.8 Å². The number of benzene rings is 1. The van der Waals surface area contributed by atoms with Gasteiger partial charge in [-0.1, -0.05) is 12.1 Å². The fourth-order valence-electron chi connectivity index (χ4n) is 2.60. The van der Waals surface area contributed by atoms with Crippen LogP contribution in [0, 0.1) is 5.92 Å². The lowest BCUT2D eigenvalue weighted by Gasteiger charge is -2.16. The summed E-state index contributed by atoms with van der Waals surface area (Å²) in [6.45, 7) is 2.37. The summed E-state index contributed by atoms with van der Waals surface area (Å²) in [6, 6.07) is 7.03. The number of sulfonamides is 1. The zero-order valence-corrected chi connectivity index (χ0v) is 18.5. The van der Waals surface area contributed by atoms with Gasteiger partial charge in [0.1, 0.15) is 19.1 Å². The van der Waals surface area contributed by atoms with Crippen LogP contribution in [0.25, 0.3) is 0 Å². The number of carbonyl (C=O) groups is 2. The Morgan fingerprint density at radius 3 is 2.74 bits per heavy atom. The second-order valence-electron chi connectivity index (χ2n) is 7.42. The number of rotatable bonds is 15. The number of amides is 2. The Labute approximate surface area is 182 Å². The van der Waals surface area contributed by atoms with Crippen LogP contribution >= 0.6 is 0 Å². The minimum Gasteiger partial charge on any atom is -0.493 e. The molecule has 10 nitrogen and oxygen atoms in total. The first-order valence-corrected chi connectivity index (χ1v) is 11.9. The maximum atomic E-state index is 12.3. The number of hydrogen-bond acceptors (Lipinski definition) is 7. The van der Waals surface area contributed by atoms with Gasteiger partial charge in [-0.15, -0.1) is 0 Å². The molecule has 1 aromatic rings. The second-order valence-corrected chi connectivity index (χ2v) is 9.29. The number of alkyl carbamates (subject to hydrolysis) is 1. The van der Waals surface area contributed by atoms with E-state index in [-0.39, 0.29) is 38.5 Å². The third-order valence-corrected chi connectivity index (χ3v) is 6.04. The lowest BCUT2D eigenvalue weighted by molar-refractivity contribution is -0.118. The van der Waals surface area contributed by atoms with E-state index in [0.29, 0.717) is 12.5 Å². The first kappa shape index (κ1) is 24.9. The summed E-state index contributed by atoms with van der Waals surface area (Å²) in [5, 5.41) is 2.32. The predicted octanol–water partition coefficient (Wildman–Crippen LogP) is 1.42. The molecule has 0 aromatic heterocycles. The second kappa shape index (κ2) is 12.5. The van der Waals surface area contributed by atoms with Gasteiger partial charge >= 0.3 is 6.09 Å². The largest absolute Gasteiger partial charge is 0.493 e. The topological polar surface area (TPSA) is 146 Å². The highest BCUT2D eigenvalue weighted by Gasteiger charge is 2.22. The third kappa shape index (κ3) is 11.0. The highest BCUT2D eigenvalue weighted by atomic mass is 32.2. The molecule has 1 aliphatic carbocycles. The van der Waals surface area contributed by atoms with Gasteiger partial charge in [0.05, 0.1) is 18.8 Å². The lowest BCUT2D eigenvalue weighted by atomic mass is 10.1. The fraction of sp³-hybridized carbons (Fsp3) is 0.600. The molecule has 0 aliphatic heterocycles. The summed E-state index contributed by atoms with van der Waals surface area (Å²) in [5.41, 5.74) is 5.75. The molecule has 1 unspecified atom stereocenters. The molecule has 174 valence electrons. The van der Waals surface area contributed by atoms with Gasteiger partial charge in [-0.25, -0.2) is 17.9 Å². The summed E-state index contributed by atoms with van der Waals surface area (Å²) < 4.78 is 42.9. The Kier molecular flexibility index (Phi) is 10.0. The molecule has 0 spiro atoms. The van der Waals surface area contributed by atoms with Crippen molar-refractivity contribution in [1.82, 2.24) is 10.0 Å². The van der Waals surface area contributed by atoms with Crippen molar-refractivity contribution in [3.05, 3.63) is 29.8 Å². The van der Waals surface area contributed by atoms with Crippen molar-refractivity contribution in [3.8, 4) is 5.75 Å². The average Bonchev–Trinajstić information content (AvgIpc) is 3.53. The molecule has 1 saturated carbocycles. The molecule has 31 heavy (non-hydrogen) atoms. The Morgan fingerprint density at radius 2 is 2.03 bits per heavy atom. The van der Waals surface area contributed by atoms with E-state index in [0.717, 1.165) is 11.3 Å². The molecule has 4 N–H and O–H groups in total. The fourth-order valence-corrected chi connectivity index (χ4v) is 3.89. The zero-order valence-electron chi connectivity index (χ0n) is 17.7. The van der Waals surface area contributed by atoms with Gasteiger partial charge in [0, 0.05) is 12.6 Å². The monoisotopic (exact) mass is 457 g/mol. The molecule has 1 atom stereocenters. The SMILES string of the molecule is CC(NS(=O)(=O)CCCOCNC(=O)OCCC(N)=O)c1cccc(OCC2CC2)c1. The van der Waals surface area contributed by atoms with Crippen LogP contribution in [-0.2, 0) is 24.3 Å². The molecule has 2 amide bonds. The van der Waals surface area contributed by atoms with Crippen molar-refractivity contribution in [1.29, 1.82) is 0 Å². The lowest BCUT2D eigenvalue weighted by Crippen LogP contribution is -2.30. The van der Waals surface area contributed by atoms with Crippen LogP contribution in [-0.4, -0.2) is 52.7 Å². The van der Waals surface area contributed by atoms with Gasteiger partial charge in [-0.3, -0.25) is 10.1 Å². The predicted molar refractivity (Wildman–Crippen MR) is 114 cm³/mol. The van der Waals surface area contributed by atoms with Gasteiger partial charge in [0.15, 0.2) is 0 Å². The maximum Gasteiger partial charge on any atom is 0.408 e. The van der Waals surface area contributed by atoms with Crippen LogP contribution < -0.4 is 20.5 Å². The molecule has 1 fully saturated rings. The smallest absolute Gasteiger partial charge is 0.408 e. The number of nitrogens with one attached hydrogen (secondary N) is 2.